The zero-order valence-electron chi connectivity index (χ0n) is 9.77. The van der Waals surface area contributed by atoms with Gasteiger partial charge < -0.3 is 11.1 Å². The summed E-state index contributed by atoms with van der Waals surface area (Å²) in [7, 11) is 0. The normalized spacial score (nSPS) is 10.1. The molecule has 0 fully saturated rings. The molecule has 0 aliphatic carbocycles. The quantitative estimate of drug-likeness (QED) is 0.844. The molecule has 1 aromatic carbocycles. The molecular weight excluding hydrogens is 266 g/mol. The molecule has 0 unspecified atom stereocenters. The fourth-order valence-electron chi connectivity index (χ4n) is 1.58. The number of hydrogen-bond donors (Lipinski definition) is 2. The topological polar surface area (TPSA) is 50.9 Å². The highest BCUT2D eigenvalue weighted by Gasteiger charge is 2.04. The van der Waals surface area contributed by atoms with Gasteiger partial charge in [-0.15, -0.1) is 0 Å². The van der Waals surface area contributed by atoms with Crippen molar-refractivity contribution in [3.8, 4) is 0 Å². The summed E-state index contributed by atoms with van der Waals surface area (Å²) in [4.78, 5) is 4.41. The van der Waals surface area contributed by atoms with Gasteiger partial charge in [-0.25, -0.2) is 0 Å². The molecule has 2 aromatic rings. The van der Waals surface area contributed by atoms with E-state index in [0.717, 1.165) is 16.9 Å². The van der Waals surface area contributed by atoms with Gasteiger partial charge in [-0.05, 0) is 36.8 Å². The van der Waals surface area contributed by atoms with Gasteiger partial charge in [0.25, 0.3) is 0 Å². The lowest BCUT2D eigenvalue weighted by Gasteiger charge is -2.09. The number of benzene rings is 1. The molecule has 5 heteroatoms. The number of nitrogens with zero attached hydrogens (tertiary/aromatic N) is 1. The monoisotopic (exact) mass is 277 g/mol. The molecule has 92 valence electrons. The van der Waals surface area contributed by atoms with E-state index in [4.69, 9.17) is 29.6 Å². The number of halogens is 1. The van der Waals surface area contributed by atoms with Crippen LogP contribution < -0.4 is 11.1 Å². The Morgan fingerprint density at radius 3 is 2.67 bits per heavy atom. The van der Waals surface area contributed by atoms with Crippen molar-refractivity contribution in [2.24, 2.45) is 5.73 Å². The summed E-state index contributed by atoms with van der Waals surface area (Å²) in [5.74, 6) is 0. The van der Waals surface area contributed by atoms with Crippen molar-refractivity contribution < 1.29 is 0 Å². The molecule has 0 amide bonds. The molecule has 0 atom stereocenters. The maximum Gasteiger partial charge on any atom is 0.105 e. The lowest BCUT2D eigenvalue weighted by molar-refractivity contribution is 1.26. The Morgan fingerprint density at radius 2 is 2.06 bits per heavy atom. The number of nitrogens with one attached hydrogen (secondary N) is 1. The third kappa shape index (κ3) is 2.97. The van der Waals surface area contributed by atoms with Crippen LogP contribution in [-0.4, -0.2) is 9.97 Å². The van der Waals surface area contributed by atoms with Gasteiger partial charge in [-0.2, -0.15) is 0 Å². The Labute approximate surface area is 116 Å². The SMILES string of the molecule is Cc1cncc(Nc2ccc(C(N)=S)c(Cl)c2)c1. The molecule has 1 heterocycles. The number of nitrogens with two attached hydrogens (primary N) is 1. The van der Waals surface area contributed by atoms with Crippen LogP contribution >= 0.6 is 23.8 Å². The lowest BCUT2D eigenvalue weighted by atomic mass is 10.2. The lowest BCUT2D eigenvalue weighted by Crippen LogP contribution is -2.09. The number of pyridine rings is 1. The molecule has 0 spiro atoms. The van der Waals surface area contributed by atoms with Gasteiger partial charge in [-0.3, -0.25) is 4.98 Å². The highest BCUT2D eigenvalue weighted by Crippen LogP contribution is 2.23. The molecule has 0 saturated heterocycles. The molecule has 0 aliphatic heterocycles. The molecule has 0 saturated carbocycles. The van der Waals surface area contributed by atoms with Crippen molar-refractivity contribution in [1.29, 1.82) is 0 Å². The molecule has 3 N–H and O–H groups in total. The molecule has 18 heavy (non-hydrogen) atoms. The van der Waals surface area contributed by atoms with Gasteiger partial charge in [0, 0.05) is 17.4 Å². The van der Waals surface area contributed by atoms with Crippen LogP contribution in [-0.2, 0) is 0 Å². The Kier molecular flexibility index (Phi) is 3.79. The largest absolute Gasteiger partial charge is 0.389 e. The smallest absolute Gasteiger partial charge is 0.105 e. The Morgan fingerprint density at radius 1 is 1.28 bits per heavy atom. The van der Waals surface area contributed by atoms with E-state index in [1.807, 2.05) is 19.1 Å². The van der Waals surface area contributed by atoms with E-state index >= 15 is 0 Å². The standard InChI is InChI=1S/C13H12ClN3S/c1-8-4-10(7-16-6-8)17-9-2-3-11(13(15)18)12(14)5-9/h2-7,17H,1H3,(H2,15,18). The summed E-state index contributed by atoms with van der Waals surface area (Å²) in [6.45, 7) is 1.99. The highest BCUT2D eigenvalue weighted by molar-refractivity contribution is 7.80. The maximum atomic E-state index is 6.10. The Bertz CT molecular complexity index is 599. The number of rotatable bonds is 3. The van der Waals surface area contributed by atoms with Crippen molar-refractivity contribution in [3.63, 3.8) is 0 Å². The molecule has 3 nitrogen and oxygen atoms in total. The number of hydrogen-bond acceptors (Lipinski definition) is 3. The first-order valence-electron chi connectivity index (χ1n) is 5.34. The number of aromatic nitrogens is 1. The first kappa shape index (κ1) is 12.8. The van der Waals surface area contributed by atoms with Crippen LogP contribution in [0.25, 0.3) is 0 Å². The van der Waals surface area contributed by atoms with Gasteiger partial charge in [0.15, 0.2) is 0 Å². The fourth-order valence-corrected chi connectivity index (χ4v) is 2.10. The number of aryl methyl sites for hydroxylation is 1. The second-order valence-electron chi connectivity index (χ2n) is 3.93. The average molecular weight is 278 g/mol. The van der Waals surface area contributed by atoms with E-state index in [1.54, 1.807) is 24.5 Å². The molecule has 0 radical (unpaired) electrons. The first-order chi connectivity index (χ1) is 8.56. The van der Waals surface area contributed by atoms with Crippen molar-refractivity contribution >= 4 is 40.2 Å². The maximum absolute atomic E-state index is 6.10. The summed E-state index contributed by atoms with van der Waals surface area (Å²) >= 11 is 11.0. The minimum Gasteiger partial charge on any atom is -0.389 e. The second kappa shape index (κ2) is 5.33. The van der Waals surface area contributed by atoms with Crippen LogP contribution in [0.2, 0.25) is 5.02 Å². The van der Waals surface area contributed by atoms with Gasteiger partial charge in [0.2, 0.25) is 0 Å². The van der Waals surface area contributed by atoms with Gasteiger partial charge in [-0.1, -0.05) is 23.8 Å². The zero-order valence-corrected chi connectivity index (χ0v) is 11.3. The van der Waals surface area contributed by atoms with Gasteiger partial charge >= 0.3 is 0 Å². The summed E-state index contributed by atoms with van der Waals surface area (Å²) < 4.78 is 0. The fraction of sp³-hybridized carbons (Fsp3) is 0.0769. The Balaban J connectivity index is 2.25. The minimum atomic E-state index is 0.295. The predicted molar refractivity (Wildman–Crippen MR) is 79.6 cm³/mol. The van der Waals surface area contributed by atoms with Crippen LogP contribution in [0.15, 0.2) is 36.7 Å². The van der Waals surface area contributed by atoms with E-state index in [1.165, 1.54) is 0 Å². The van der Waals surface area contributed by atoms with Crippen molar-refractivity contribution in [3.05, 3.63) is 52.8 Å². The molecular formula is C13H12ClN3S. The van der Waals surface area contributed by atoms with E-state index in [-0.39, 0.29) is 0 Å². The summed E-state index contributed by atoms with van der Waals surface area (Å²) in [6, 6.07) is 7.47. The van der Waals surface area contributed by atoms with Crippen LogP contribution in [0.1, 0.15) is 11.1 Å². The molecule has 0 bridgehead atoms. The van der Waals surface area contributed by atoms with Crippen molar-refractivity contribution in [2.45, 2.75) is 6.92 Å². The van der Waals surface area contributed by atoms with Crippen LogP contribution in [0.3, 0.4) is 0 Å². The Hall–Kier alpha value is -1.65. The molecule has 2 rings (SSSR count). The average Bonchev–Trinajstić information content (AvgIpc) is 2.28. The van der Waals surface area contributed by atoms with Crippen LogP contribution in [0, 0.1) is 6.92 Å². The minimum absolute atomic E-state index is 0.295. The van der Waals surface area contributed by atoms with E-state index < -0.39 is 0 Å². The summed E-state index contributed by atoms with van der Waals surface area (Å²) in [6.07, 6.45) is 3.55. The number of thiocarbonyl (C=S) groups is 1. The van der Waals surface area contributed by atoms with Crippen molar-refractivity contribution in [2.75, 3.05) is 5.32 Å². The highest BCUT2D eigenvalue weighted by atomic mass is 35.5. The third-order valence-corrected chi connectivity index (χ3v) is 2.93. The zero-order chi connectivity index (χ0) is 13.1. The third-order valence-electron chi connectivity index (χ3n) is 2.40. The number of anilines is 2. The predicted octanol–water partition coefficient (Wildman–Crippen LogP) is 3.42. The summed E-state index contributed by atoms with van der Waals surface area (Å²) in [5.41, 5.74) is 9.10. The van der Waals surface area contributed by atoms with E-state index in [2.05, 4.69) is 10.3 Å². The second-order valence-corrected chi connectivity index (χ2v) is 4.78. The van der Waals surface area contributed by atoms with E-state index in [9.17, 15) is 0 Å². The van der Waals surface area contributed by atoms with Crippen LogP contribution in [0.4, 0.5) is 11.4 Å². The summed E-state index contributed by atoms with van der Waals surface area (Å²) in [5, 5.41) is 3.76. The first-order valence-corrected chi connectivity index (χ1v) is 6.13. The molecule has 0 aliphatic rings. The van der Waals surface area contributed by atoms with E-state index in [0.29, 0.717) is 15.6 Å². The van der Waals surface area contributed by atoms with Crippen LogP contribution in [0.5, 0.6) is 0 Å². The van der Waals surface area contributed by atoms with Crippen molar-refractivity contribution in [1.82, 2.24) is 4.98 Å². The van der Waals surface area contributed by atoms with Gasteiger partial charge in [0.05, 0.1) is 16.9 Å². The van der Waals surface area contributed by atoms with Gasteiger partial charge in [0.1, 0.15) is 4.99 Å². The molecule has 1 aromatic heterocycles.